The summed E-state index contributed by atoms with van der Waals surface area (Å²) in [6.07, 6.45) is 0.126. The molecule has 0 unspecified atom stereocenters. The van der Waals surface area contributed by atoms with Gasteiger partial charge in [0.25, 0.3) is 0 Å². The molecule has 0 radical (unpaired) electrons. The predicted octanol–water partition coefficient (Wildman–Crippen LogP) is 3.69. The number of hydrogen-bond donors (Lipinski definition) is 1. The molecule has 0 aromatic heterocycles. The van der Waals surface area contributed by atoms with Crippen molar-refractivity contribution >= 4 is 8.32 Å². The van der Waals surface area contributed by atoms with E-state index in [-0.39, 0.29) is 18.3 Å². The summed E-state index contributed by atoms with van der Waals surface area (Å²) in [7, 11) is -1.86. The zero-order chi connectivity index (χ0) is 16.2. The summed E-state index contributed by atoms with van der Waals surface area (Å²) >= 11 is 0. The van der Waals surface area contributed by atoms with Crippen LogP contribution in [0.1, 0.15) is 54.9 Å². The lowest BCUT2D eigenvalue weighted by Crippen LogP contribution is -2.50. The second-order valence-corrected chi connectivity index (χ2v) is 12.7. The molecular formula is C16H34O4Si. The van der Waals surface area contributed by atoms with Gasteiger partial charge >= 0.3 is 0 Å². The molecule has 1 N–H and O–H groups in total. The fraction of sp³-hybridized carbons (Fsp3) is 1.00. The van der Waals surface area contributed by atoms with E-state index in [1.165, 1.54) is 0 Å². The van der Waals surface area contributed by atoms with Crippen molar-refractivity contribution in [3.05, 3.63) is 0 Å². The van der Waals surface area contributed by atoms with Crippen LogP contribution in [-0.2, 0) is 13.9 Å². The van der Waals surface area contributed by atoms with E-state index in [0.717, 1.165) is 0 Å². The van der Waals surface area contributed by atoms with Crippen LogP contribution in [0.25, 0.3) is 0 Å². The first-order chi connectivity index (χ1) is 9.71. The molecule has 1 aliphatic rings. The molecule has 0 aromatic carbocycles. The summed E-state index contributed by atoms with van der Waals surface area (Å²) in [6.45, 7) is 16.4. The van der Waals surface area contributed by atoms with Crippen molar-refractivity contribution < 1.29 is 19.0 Å². The second kappa shape index (κ2) is 8.06. The highest BCUT2D eigenvalue weighted by atomic mass is 28.4. The summed E-state index contributed by atoms with van der Waals surface area (Å²) in [4.78, 5) is 0. The topological polar surface area (TPSA) is 47.9 Å². The van der Waals surface area contributed by atoms with Gasteiger partial charge in [0.05, 0.1) is 18.8 Å². The molecule has 21 heavy (non-hydrogen) atoms. The fourth-order valence-corrected chi connectivity index (χ4v) is 9.32. The van der Waals surface area contributed by atoms with E-state index >= 15 is 0 Å². The van der Waals surface area contributed by atoms with E-state index in [1.807, 2.05) is 0 Å². The van der Waals surface area contributed by atoms with Gasteiger partial charge in [-0.15, -0.1) is 0 Å². The summed E-state index contributed by atoms with van der Waals surface area (Å²) in [5, 5.41) is 9.56. The molecule has 0 amide bonds. The molecule has 3 atom stereocenters. The Labute approximate surface area is 131 Å². The SMILES string of the molecule is CC(C)[Si](OC[C@H]1OCO[C@@H]1C[C@@H](C)O)(C(C)C)C(C)C. The Kier molecular flexibility index (Phi) is 7.33. The minimum absolute atomic E-state index is 0.0526. The predicted molar refractivity (Wildman–Crippen MR) is 87.9 cm³/mol. The molecule has 0 bridgehead atoms. The normalized spacial score (nSPS) is 25.3. The van der Waals surface area contributed by atoms with Crippen molar-refractivity contribution in [2.24, 2.45) is 0 Å². The third kappa shape index (κ3) is 4.52. The maximum atomic E-state index is 9.56. The summed E-state index contributed by atoms with van der Waals surface area (Å²) in [6, 6.07) is 0. The Morgan fingerprint density at radius 1 is 0.952 bits per heavy atom. The van der Waals surface area contributed by atoms with Crippen LogP contribution in [0.15, 0.2) is 0 Å². The highest BCUT2D eigenvalue weighted by molar-refractivity contribution is 6.77. The van der Waals surface area contributed by atoms with Gasteiger partial charge in [0.2, 0.25) is 0 Å². The Morgan fingerprint density at radius 3 is 1.86 bits per heavy atom. The molecule has 0 aliphatic carbocycles. The standard InChI is InChI=1S/C16H34O4Si/c1-11(2)21(12(3)4,13(5)6)20-9-16-15(8-14(7)17)18-10-19-16/h11-17H,8-10H2,1-7H3/t14-,15-,16-/m1/s1. The van der Waals surface area contributed by atoms with Gasteiger partial charge in [-0.05, 0) is 23.5 Å². The molecular weight excluding hydrogens is 284 g/mol. The Balaban J connectivity index is 2.72. The monoisotopic (exact) mass is 318 g/mol. The molecule has 0 saturated carbocycles. The Bertz CT molecular complexity index is 283. The van der Waals surface area contributed by atoms with Gasteiger partial charge in [0.1, 0.15) is 12.9 Å². The maximum Gasteiger partial charge on any atom is 0.200 e. The van der Waals surface area contributed by atoms with E-state index in [4.69, 9.17) is 13.9 Å². The van der Waals surface area contributed by atoms with Crippen LogP contribution in [0.3, 0.4) is 0 Å². The zero-order valence-corrected chi connectivity index (χ0v) is 15.8. The summed E-state index contributed by atoms with van der Waals surface area (Å²) in [5.41, 5.74) is 1.69. The minimum atomic E-state index is -1.86. The van der Waals surface area contributed by atoms with Gasteiger partial charge in [-0.3, -0.25) is 0 Å². The van der Waals surface area contributed by atoms with Crippen LogP contribution >= 0.6 is 0 Å². The lowest BCUT2D eigenvalue weighted by molar-refractivity contribution is 0.0249. The summed E-state index contributed by atoms with van der Waals surface area (Å²) < 4.78 is 17.8. The van der Waals surface area contributed by atoms with Gasteiger partial charge in [-0.1, -0.05) is 41.5 Å². The van der Waals surface area contributed by atoms with Crippen molar-refractivity contribution in [3.8, 4) is 0 Å². The van der Waals surface area contributed by atoms with Crippen LogP contribution in [0, 0.1) is 0 Å². The van der Waals surface area contributed by atoms with Gasteiger partial charge in [0.15, 0.2) is 8.32 Å². The van der Waals surface area contributed by atoms with Crippen molar-refractivity contribution in [2.45, 2.75) is 89.8 Å². The Morgan fingerprint density at radius 2 is 1.43 bits per heavy atom. The number of aliphatic hydroxyl groups is 1. The lowest BCUT2D eigenvalue weighted by atomic mass is 10.1. The highest BCUT2D eigenvalue weighted by Crippen LogP contribution is 2.42. The van der Waals surface area contributed by atoms with Gasteiger partial charge in [0, 0.05) is 6.42 Å². The number of aliphatic hydroxyl groups excluding tert-OH is 1. The average Bonchev–Trinajstić information content (AvgIpc) is 2.75. The Hall–Kier alpha value is 0.0569. The number of hydrogen-bond acceptors (Lipinski definition) is 4. The number of ether oxygens (including phenoxy) is 2. The average molecular weight is 319 g/mol. The molecule has 0 aromatic rings. The first-order valence-corrected chi connectivity index (χ1v) is 10.4. The largest absolute Gasteiger partial charge is 0.413 e. The fourth-order valence-electron chi connectivity index (χ4n) is 3.87. The number of rotatable bonds is 8. The molecule has 1 fully saturated rings. The van der Waals surface area contributed by atoms with E-state index < -0.39 is 8.32 Å². The van der Waals surface area contributed by atoms with Crippen molar-refractivity contribution in [2.75, 3.05) is 13.4 Å². The molecule has 1 heterocycles. The zero-order valence-electron chi connectivity index (χ0n) is 14.8. The van der Waals surface area contributed by atoms with Gasteiger partial charge in [-0.2, -0.15) is 0 Å². The van der Waals surface area contributed by atoms with Gasteiger partial charge < -0.3 is 19.0 Å². The van der Waals surface area contributed by atoms with Crippen molar-refractivity contribution in [3.63, 3.8) is 0 Å². The molecule has 4 nitrogen and oxygen atoms in total. The third-order valence-electron chi connectivity index (χ3n) is 4.76. The van der Waals surface area contributed by atoms with Crippen LogP contribution in [0.4, 0.5) is 0 Å². The van der Waals surface area contributed by atoms with Crippen LogP contribution in [-0.4, -0.2) is 45.1 Å². The first-order valence-electron chi connectivity index (χ1n) is 8.27. The van der Waals surface area contributed by atoms with E-state index in [9.17, 15) is 5.11 Å². The molecule has 1 rings (SSSR count). The van der Waals surface area contributed by atoms with E-state index in [1.54, 1.807) is 6.92 Å². The van der Waals surface area contributed by atoms with Crippen molar-refractivity contribution in [1.82, 2.24) is 0 Å². The van der Waals surface area contributed by atoms with Crippen LogP contribution in [0.2, 0.25) is 16.6 Å². The molecule has 126 valence electrons. The first kappa shape index (κ1) is 19.1. The van der Waals surface area contributed by atoms with Crippen molar-refractivity contribution in [1.29, 1.82) is 0 Å². The second-order valence-electron chi connectivity index (χ2n) is 7.24. The van der Waals surface area contributed by atoms with Crippen LogP contribution < -0.4 is 0 Å². The van der Waals surface area contributed by atoms with E-state index in [2.05, 4.69) is 41.5 Å². The summed E-state index contributed by atoms with van der Waals surface area (Å²) in [5.74, 6) is 0. The quantitative estimate of drug-likeness (QED) is 0.693. The van der Waals surface area contributed by atoms with Gasteiger partial charge in [-0.25, -0.2) is 0 Å². The van der Waals surface area contributed by atoms with E-state index in [0.29, 0.717) is 36.4 Å². The molecule has 5 heteroatoms. The molecule has 0 spiro atoms. The maximum absolute atomic E-state index is 9.56. The molecule has 1 saturated heterocycles. The lowest BCUT2D eigenvalue weighted by Gasteiger charge is -2.42. The minimum Gasteiger partial charge on any atom is -0.413 e. The third-order valence-corrected chi connectivity index (χ3v) is 10.8. The van der Waals surface area contributed by atoms with Crippen LogP contribution in [0.5, 0.6) is 0 Å². The highest BCUT2D eigenvalue weighted by Gasteiger charge is 2.46. The molecule has 1 aliphatic heterocycles. The smallest absolute Gasteiger partial charge is 0.200 e.